The smallest absolute Gasteiger partial charge is 0.333 e. The number of nitrogens with zero attached hydrogens (tertiary/aromatic N) is 1. The maximum absolute atomic E-state index is 11.1. The van der Waals surface area contributed by atoms with Gasteiger partial charge in [0, 0.05) is 17.3 Å². The fourth-order valence-electron chi connectivity index (χ4n) is 2.22. The Labute approximate surface area is 93.5 Å². The van der Waals surface area contributed by atoms with Crippen LogP contribution >= 0.6 is 0 Å². The molecule has 88 valence electrons. The normalized spacial score (nSPS) is 25.3. The predicted octanol–water partition coefficient (Wildman–Crippen LogP) is 1.55. The van der Waals surface area contributed by atoms with Crippen LogP contribution in [0.3, 0.4) is 0 Å². The van der Waals surface area contributed by atoms with E-state index in [2.05, 4.69) is 4.99 Å². The van der Waals surface area contributed by atoms with Gasteiger partial charge in [-0.1, -0.05) is 6.92 Å². The summed E-state index contributed by atoms with van der Waals surface area (Å²) in [5.41, 5.74) is 1.01. The molecule has 0 bridgehead atoms. The van der Waals surface area contributed by atoms with E-state index in [4.69, 9.17) is 10.2 Å². The number of allylic oxidation sites excluding steroid dienone is 1. The van der Waals surface area contributed by atoms with E-state index in [9.17, 15) is 9.59 Å². The second kappa shape index (κ2) is 4.47. The van der Waals surface area contributed by atoms with E-state index in [1.807, 2.05) is 0 Å². The molecule has 2 atom stereocenters. The molecule has 0 aromatic carbocycles. The molecule has 0 spiro atoms. The Morgan fingerprint density at radius 3 is 2.25 bits per heavy atom. The number of hydrogen-bond acceptors (Lipinski definition) is 3. The lowest BCUT2D eigenvalue weighted by Gasteiger charge is -2.28. The molecule has 0 saturated heterocycles. The van der Waals surface area contributed by atoms with Crippen molar-refractivity contribution in [2.45, 2.75) is 27.2 Å². The summed E-state index contributed by atoms with van der Waals surface area (Å²) in [6, 6.07) is 0. The van der Waals surface area contributed by atoms with Crippen LogP contribution in [0, 0.1) is 11.8 Å². The van der Waals surface area contributed by atoms with Gasteiger partial charge in [-0.25, -0.2) is 4.79 Å². The topological polar surface area (TPSA) is 87.0 Å². The van der Waals surface area contributed by atoms with E-state index in [1.54, 1.807) is 20.8 Å². The summed E-state index contributed by atoms with van der Waals surface area (Å²) in [5, 5.41) is 18.2. The highest BCUT2D eigenvalue weighted by Gasteiger charge is 2.38. The molecule has 1 heterocycles. The van der Waals surface area contributed by atoms with Gasteiger partial charge in [0.05, 0.1) is 5.57 Å². The Morgan fingerprint density at radius 1 is 1.31 bits per heavy atom. The van der Waals surface area contributed by atoms with Crippen molar-refractivity contribution in [1.29, 1.82) is 0 Å². The second-order valence-corrected chi connectivity index (χ2v) is 3.89. The molecule has 16 heavy (non-hydrogen) atoms. The molecule has 0 aliphatic carbocycles. The zero-order valence-corrected chi connectivity index (χ0v) is 9.52. The van der Waals surface area contributed by atoms with Crippen molar-refractivity contribution < 1.29 is 19.8 Å². The third kappa shape index (κ3) is 1.98. The first-order chi connectivity index (χ1) is 7.40. The van der Waals surface area contributed by atoms with Crippen LogP contribution in [0.25, 0.3) is 0 Å². The molecule has 0 fully saturated rings. The van der Waals surface area contributed by atoms with Crippen LogP contribution in [0.5, 0.6) is 0 Å². The van der Waals surface area contributed by atoms with Gasteiger partial charge in [0.25, 0.3) is 0 Å². The molecular formula is C11H15NO4. The zero-order valence-electron chi connectivity index (χ0n) is 9.52. The van der Waals surface area contributed by atoms with Crippen LogP contribution in [0.1, 0.15) is 27.2 Å². The maximum atomic E-state index is 11.1. The largest absolute Gasteiger partial charge is 0.481 e. The molecule has 5 nitrogen and oxygen atoms in total. The number of carboxylic acids is 2. The molecular weight excluding hydrogens is 210 g/mol. The van der Waals surface area contributed by atoms with E-state index >= 15 is 0 Å². The standard InChI is InChI=1S/C11H15NO4/c1-4-7-8(10(13)14)5(2)12-6(3)9(7)11(15)16/h7-8H,4H2,1-3H3,(H,13,14)(H,15,16). The first kappa shape index (κ1) is 12.4. The lowest BCUT2D eigenvalue weighted by atomic mass is 9.78. The summed E-state index contributed by atoms with van der Waals surface area (Å²) in [4.78, 5) is 26.2. The number of aliphatic imine (C=N–C) groups is 1. The summed E-state index contributed by atoms with van der Waals surface area (Å²) in [7, 11) is 0. The summed E-state index contributed by atoms with van der Waals surface area (Å²) in [6.07, 6.45) is 0.475. The molecule has 1 aliphatic heterocycles. The van der Waals surface area contributed by atoms with Gasteiger partial charge in [-0.2, -0.15) is 0 Å². The van der Waals surface area contributed by atoms with Gasteiger partial charge in [0.1, 0.15) is 5.92 Å². The molecule has 0 amide bonds. The summed E-state index contributed by atoms with van der Waals surface area (Å²) >= 11 is 0. The average molecular weight is 225 g/mol. The Balaban J connectivity index is 3.29. The molecule has 1 rings (SSSR count). The van der Waals surface area contributed by atoms with E-state index in [1.165, 1.54) is 0 Å². The molecule has 2 unspecified atom stereocenters. The lowest BCUT2D eigenvalue weighted by Crippen LogP contribution is -2.35. The zero-order chi connectivity index (χ0) is 12.5. The van der Waals surface area contributed by atoms with Gasteiger partial charge in [0.15, 0.2) is 0 Å². The Hall–Kier alpha value is -1.65. The Morgan fingerprint density at radius 2 is 1.88 bits per heavy atom. The van der Waals surface area contributed by atoms with Crippen molar-refractivity contribution in [3.05, 3.63) is 11.3 Å². The minimum absolute atomic E-state index is 0.125. The van der Waals surface area contributed by atoms with Gasteiger partial charge >= 0.3 is 11.9 Å². The minimum Gasteiger partial charge on any atom is -0.481 e. The quantitative estimate of drug-likeness (QED) is 0.762. The van der Waals surface area contributed by atoms with Crippen molar-refractivity contribution in [3.63, 3.8) is 0 Å². The first-order valence-electron chi connectivity index (χ1n) is 5.12. The van der Waals surface area contributed by atoms with E-state index in [0.717, 1.165) is 0 Å². The number of rotatable bonds is 3. The van der Waals surface area contributed by atoms with Crippen molar-refractivity contribution in [1.82, 2.24) is 0 Å². The third-order valence-electron chi connectivity index (χ3n) is 2.89. The minimum atomic E-state index is -1.08. The third-order valence-corrected chi connectivity index (χ3v) is 2.89. The van der Waals surface area contributed by atoms with Gasteiger partial charge in [-0.05, 0) is 20.3 Å². The highest BCUT2D eigenvalue weighted by Crippen LogP contribution is 2.33. The average Bonchev–Trinajstić information content (AvgIpc) is 2.14. The SMILES string of the molecule is CCC1C(C(=O)O)=C(C)N=C(C)C1C(=O)O. The summed E-state index contributed by atoms with van der Waals surface area (Å²) in [5.74, 6) is -3.40. The van der Waals surface area contributed by atoms with Crippen molar-refractivity contribution >= 4 is 17.7 Å². The number of aliphatic carboxylic acids is 2. The van der Waals surface area contributed by atoms with Crippen molar-refractivity contribution in [3.8, 4) is 0 Å². The van der Waals surface area contributed by atoms with Crippen LogP contribution < -0.4 is 0 Å². The van der Waals surface area contributed by atoms with Crippen LogP contribution in [-0.2, 0) is 9.59 Å². The van der Waals surface area contributed by atoms with E-state index < -0.39 is 23.8 Å². The van der Waals surface area contributed by atoms with Crippen LogP contribution in [0.4, 0.5) is 0 Å². The fraction of sp³-hybridized carbons (Fsp3) is 0.545. The van der Waals surface area contributed by atoms with Crippen LogP contribution in [0.2, 0.25) is 0 Å². The van der Waals surface area contributed by atoms with Gasteiger partial charge in [0.2, 0.25) is 0 Å². The maximum Gasteiger partial charge on any atom is 0.333 e. The summed E-state index contributed by atoms with van der Waals surface area (Å²) < 4.78 is 0. The highest BCUT2D eigenvalue weighted by atomic mass is 16.4. The molecule has 0 saturated carbocycles. The van der Waals surface area contributed by atoms with Gasteiger partial charge < -0.3 is 10.2 Å². The van der Waals surface area contributed by atoms with Gasteiger partial charge in [-0.3, -0.25) is 9.79 Å². The van der Waals surface area contributed by atoms with Crippen LogP contribution in [-0.4, -0.2) is 27.9 Å². The Kier molecular flexibility index (Phi) is 3.47. The second-order valence-electron chi connectivity index (χ2n) is 3.89. The van der Waals surface area contributed by atoms with Crippen molar-refractivity contribution in [2.24, 2.45) is 16.8 Å². The van der Waals surface area contributed by atoms with Crippen LogP contribution in [0.15, 0.2) is 16.3 Å². The monoisotopic (exact) mass is 225 g/mol. The number of carbonyl (C=O) groups is 2. The van der Waals surface area contributed by atoms with Gasteiger partial charge in [-0.15, -0.1) is 0 Å². The number of hydrogen-bond donors (Lipinski definition) is 2. The molecule has 0 radical (unpaired) electrons. The number of carboxylic acid groups (broad SMARTS) is 2. The van der Waals surface area contributed by atoms with Crippen molar-refractivity contribution in [2.75, 3.05) is 0 Å². The Bertz CT molecular complexity index is 395. The molecule has 0 aromatic heterocycles. The predicted molar refractivity (Wildman–Crippen MR) is 58.4 cm³/mol. The molecule has 2 N–H and O–H groups in total. The first-order valence-corrected chi connectivity index (χ1v) is 5.12. The fourth-order valence-corrected chi connectivity index (χ4v) is 2.22. The molecule has 5 heteroatoms. The van der Waals surface area contributed by atoms with E-state index in [-0.39, 0.29) is 5.57 Å². The molecule has 0 aromatic rings. The molecule has 1 aliphatic rings. The van der Waals surface area contributed by atoms with E-state index in [0.29, 0.717) is 17.8 Å². The highest BCUT2D eigenvalue weighted by molar-refractivity contribution is 6.04. The summed E-state index contributed by atoms with van der Waals surface area (Å²) in [6.45, 7) is 5.02. The lowest BCUT2D eigenvalue weighted by molar-refractivity contribution is -0.141.